The summed E-state index contributed by atoms with van der Waals surface area (Å²) in [6, 6.07) is 12.4. The van der Waals surface area contributed by atoms with Crippen LogP contribution in [0.25, 0.3) is 0 Å². The van der Waals surface area contributed by atoms with Crippen LogP contribution in [0.3, 0.4) is 0 Å². The monoisotopic (exact) mass is 297 g/mol. The van der Waals surface area contributed by atoms with Gasteiger partial charge in [-0.05, 0) is 24.1 Å². The van der Waals surface area contributed by atoms with Crippen LogP contribution in [0.4, 0.5) is 5.82 Å². The maximum absolute atomic E-state index is 11.8. The van der Waals surface area contributed by atoms with Crippen molar-refractivity contribution in [1.82, 2.24) is 10.2 Å². The molecule has 0 aliphatic heterocycles. The molecule has 0 fully saturated rings. The summed E-state index contributed by atoms with van der Waals surface area (Å²) < 4.78 is 26.0. The Hall–Kier alpha value is -1.66. The van der Waals surface area contributed by atoms with Crippen molar-refractivity contribution in [3.8, 4) is 0 Å². The highest BCUT2D eigenvalue weighted by Crippen LogP contribution is 2.09. The van der Waals surface area contributed by atoms with Gasteiger partial charge in [0.2, 0.25) is 10.0 Å². The Morgan fingerprint density at radius 2 is 1.79 bits per heavy atom. The predicted octanol–water partition coefficient (Wildman–Crippen LogP) is 2.11. The number of rotatable bonds is 5. The minimum absolute atomic E-state index is 0.0126. The van der Waals surface area contributed by atoms with Crippen LogP contribution in [0, 0.1) is 0 Å². The SMILES string of the molecule is O=S(=O)(CCc1ccccc1)Nc1ccc(Cl)nn1. The van der Waals surface area contributed by atoms with Gasteiger partial charge in [0.05, 0.1) is 5.75 Å². The number of benzene rings is 1. The third-order valence-electron chi connectivity index (χ3n) is 2.39. The molecule has 0 aliphatic carbocycles. The van der Waals surface area contributed by atoms with Gasteiger partial charge in [0, 0.05) is 0 Å². The Kier molecular flexibility index (Phi) is 4.34. The first-order chi connectivity index (χ1) is 9.05. The summed E-state index contributed by atoms with van der Waals surface area (Å²) in [6.45, 7) is 0. The highest BCUT2D eigenvalue weighted by atomic mass is 35.5. The first-order valence-electron chi connectivity index (χ1n) is 5.59. The van der Waals surface area contributed by atoms with Crippen molar-refractivity contribution in [2.45, 2.75) is 6.42 Å². The molecule has 0 unspecified atom stereocenters. The molecule has 19 heavy (non-hydrogen) atoms. The van der Waals surface area contributed by atoms with Gasteiger partial charge in [0.25, 0.3) is 0 Å². The van der Waals surface area contributed by atoms with E-state index >= 15 is 0 Å². The number of nitrogens with zero attached hydrogens (tertiary/aromatic N) is 2. The van der Waals surface area contributed by atoms with Crippen molar-refractivity contribution in [1.29, 1.82) is 0 Å². The molecule has 1 heterocycles. The first-order valence-corrected chi connectivity index (χ1v) is 7.62. The van der Waals surface area contributed by atoms with Gasteiger partial charge in [0.15, 0.2) is 11.0 Å². The van der Waals surface area contributed by atoms with E-state index in [0.717, 1.165) is 5.56 Å². The summed E-state index contributed by atoms with van der Waals surface area (Å²) in [7, 11) is -3.44. The summed E-state index contributed by atoms with van der Waals surface area (Å²) >= 11 is 5.57. The van der Waals surface area contributed by atoms with Gasteiger partial charge in [-0.25, -0.2) is 8.42 Å². The van der Waals surface area contributed by atoms with Gasteiger partial charge >= 0.3 is 0 Å². The van der Waals surface area contributed by atoms with E-state index in [9.17, 15) is 8.42 Å². The van der Waals surface area contributed by atoms with Gasteiger partial charge in [-0.1, -0.05) is 41.9 Å². The molecule has 0 spiro atoms. The van der Waals surface area contributed by atoms with Gasteiger partial charge < -0.3 is 0 Å². The third-order valence-corrected chi connectivity index (χ3v) is 3.86. The van der Waals surface area contributed by atoms with Gasteiger partial charge in [-0.15, -0.1) is 10.2 Å². The Balaban J connectivity index is 1.97. The molecule has 7 heteroatoms. The van der Waals surface area contributed by atoms with Crippen molar-refractivity contribution < 1.29 is 8.42 Å². The predicted molar refractivity (Wildman–Crippen MR) is 74.6 cm³/mol. The van der Waals surface area contributed by atoms with Crippen molar-refractivity contribution in [2.75, 3.05) is 10.5 Å². The van der Waals surface area contributed by atoms with Crippen LogP contribution in [0.2, 0.25) is 5.15 Å². The number of halogens is 1. The van der Waals surface area contributed by atoms with Crippen LogP contribution in [-0.4, -0.2) is 24.4 Å². The van der Waals surface area contributed by atoms with Crippen LogP contribution in [-0.2, 0) is 16.4 Å². The number of aromatic nitrogens is 2. The molecule has 0 saturated heterocycles. The normalized spacial score (nSPS) is 11.2. The zero-order valence-electron chi connectivity index (χ0n) is 9.95. The zero-order valence-corrected chi connectivity index (χ0v) is 11.5. The highest BCUT2D eigenvalue weighted by Gasteiger charge is 2.11. The van der Waals surface area contributed by atoms with E-state index in [0.29, 0.717) is 6.42 Å². The Morgan fingerprint density at radius 1 is 1.05 bits per heavy atom. The van der Waals surface area contributed by atoms with Gasteiger partial charge in [0.1, 0.15) is 0 Å². The Morgan fingerprint density at radius 3 is 2.42 bits per heavy atom. The van der Waals surface area contributed by atoms with Crippen molar-refractivity contribution in [3.63, 3.8) is 0 Å². The number of anilines is 1. The average molecular weight is 298 g/mol. The summed E-state index contributed by atoms with van der Waals surface area (Å²) in [5, 5.41) is 7.43. The van der Waals surface area contributed by atoms with Crippen LogP contribution in [0.1, 0.15) is 5.56 Å². The maximum atomic E-state index is 11.8. The fourth-order valence-electron chi connectivity index (χ4n) is 1.48. The lowest BCUT2D eigenvalue weighted by Gasteiger charge is -2.06. The Labute approximate surface area is 116 Å². The van der Waals surface area contributed by atoms with Crippen LogP contribution in [0.5, 0.6) is 0 Å². The lowest BCUT2D eigenvalue weighted by Crippen LogP contribution is -2.19. The summed E-state index contributed by atoms with van der Waals surface area (Å²) in [5.74, 6) is 0.152. The maximum Gasteiger partial charge on any atom is 0.234 e. The number of hydrogen-bond donors (Lipinski definition) is 1. The Bertz CT molecular complexity index is 630. The molecule has 100 valence electrons. The molecule has 0 amide bonds. The molecule has 2 aromatic rings. The molecule has 1 aromatic heterocycles. The largest absolute Gasteiger partial charge is 0.266 e. The molecular formula is C12H12ClN3O2S. The minimum atomic E-state index is -3.44. The van der Waals surface area contributed by atoms with Gasteiger partial charge in [-0.3, -0.25) is 4.72 Å². The molecule has 0 saturated carbocycles. The van der Waals surface area contributed by atoms with E-state index in [4.69, 9.17) is 11.6 Å². The molecule has 0 aliphatic rings. The molecule has 1 aromatic carbocycles. The van der Waals surface area contributed by atoms with E-state index < -0.39 is 10.0 Å². The molecule has 1 N–H and O–H groups in total. The van der Waals surface area contributed by atoms with Crippen molar-refractivity contribution in [2.24, 2.45) is 0 Å². The number of nitrogens with one attached hydrogen (secondary N) is 1. The van der Waals surface area contributed by atoms with Crippen LogP contribution in [0.15, 0.2) is 42.5 Å². The summed E-state index contributed by atoms with van der Waals surface area (Å²) in [4.78, 5) is 0. The van der Waals surface area contributed by atoms with E-state index in [2.05, 4.69) is 14.9 Å². The number of hydrogen-bond acceptors (Lipinski definition) is 4. The van der Waals surface area contributed by atoms with E-state index in [1.165, 1.54) is 12.1 Å². The lowest BCUT2D eigenvalue weighted by molar-refractivity contribution is 0.600. The average Bonchev–Trinajstić information content (AvgIpc) is 2.40. The molecule has 0 atom stereocenters. The molecule has 0 bridgehead atoms. The minimum Gasteiger partial charge on any atom is -0.266 e. The third kappa shape index (κ3) is 4.50. The fraction of sp³-hybridized carbons (Fsp3) is 0.167. The van der Waals surface area contributed by atoms with Crippen molar-refractivity contribution >= 4 is 27.4 Å². The highest BCUT2D eigenvalue weighted by molar-refractivity contribution is 7.92. The molecule has 0 radical (unpaired) electrons. The second-order valence-electron chi connectivity index (χ2n) is 3.90. The van der Waals surface area contributed by atoms with Crippen LogP contribution < -0.4 is 4.72 Å². The van der Waals surface area contributed by atoms with E-state index in [-0.39, 0.29) is 16.7 Å². The molecular weight excluding hydrogens is 286 g/mol. The van der Waals surface area contributed by atoms with Gasteiger partial charge in [-0.2, -0.15) is 0 Å². The van der Waals surface area contributed by atoms with Crippen molar-refractivity contribution in [3.05, 3.63) is 53.2 Å². The summed E-state index contributed by atoms with van der Waals surface area (Å²) in [5.41, 5.74) is 0.968. The topological polar surface area (TPSA) is 72.0 Å². The second-order valence-corrected chi connectivity index (χ2v) is 6.13. The fourth-order valence-corrected chi connectivity index (χ4v) is 2.61. The number of sulfonamides is 1. The quantitative estimate of drug-likeness (QED) is 0.917. The van der Waals surface area contributed by atoms with E-state index in [1.54, 1.807) is 0 Å². The van der Waals surface area contributed by atoms with E-state index in [1.807, 2.05) is 30.3 Å². The lowest BCUT2D eigenvalue weighted by atomic mass is 10.2. The standard InChI is InChI=1S/C12H12ClN3O2S/c13-11-6-7-12(15-14-11)16-19(17,18)9-8-10-4-2-1-3-5-10/h1-7H,8-9H2,(H,15,16). The summed E-state index contributed by atoms with van der Waals surface area (Å²) in [6.07, 6.45) is 0.442. The smallest absolute Gasteiger partial charge is 0.234 e. The number of aryl methyl sites for hydroxylation is 1. The molecule has 5 nitrogen and oxygen atoms in total. The second kappa shape index (κ2) is 5.99. The molecule has 2 rings (SSSR count). The van der Waals surface area contributed by atoms with Crippen LogP contribution >= 0.6 is 11.6 Å². The zero-order chi connectivity index (χ0) is 13.7. The first kappa shape index (κ1) is 13.8.